The molecule has 2 N–H and O–H groups in total. The third kappa shape index (κ3) is 6.44. The number of hydrogen-bond acceptors (Lipinski definition) is 4. The molecule has 0 unspecified atom stereocenters. The van der Waals surface area contributed by atoms with Crippen molar-refractivity contribution in [3.63, 3.8) is 0 Å². The molecule has 44 heavy (non-hydrogen) atoms. The van der Waals surface area contributed by atoms with Gasteiger partial charge in [-0.1, -0.05) is 6.07 Å². The van der Waals surface area contributed by atoms with Gasteiger partial charge in [-0.3, -0.25) is 9.59 Å². The molecule has 3 aromatic rings. The molecular formula is C24H11F12IN2O4S. The molecule has 0 bridgehead atoms. The quantitative estimate of drug-likeness (QED) is 0.199. The Morgan fingerprint density at radius 3 is 1.77 bits per heavy atom. The van der Waals surface area contributed by atoms with Crippen molar-refractivity contribution < 1.29 is 70.7 Å². The highest BCUT2D eigenvalue weighted by Crippen LogP contribution is 2.54. The smallest absolute Gasteiger partial charge is 0.320 e. The maximum absolute atomic E-state index is 15.1. The van der Waals surface area contributed by atoms with Crippen LogP contribution in [0.5, 0.6) is 0 Å². The number of rotatable bonds is 6. The minimum Gasteiger partial charge on any atom is -0.320 e. The molecule has 0 atom stereocenters. The Hall–Kier alpha value is -3.56. The topological polar surface area (TPSA) is 92.3 Å². The molecule has 3 aromatic carbocycles. The zero-order chi connectivity index (χ0) is 33.6. The summed E-state index contributed by atoms with van der Waals surface area (Å²) >= 11 is 0.744. The van der Waals surface area contributed by atoms with Gasteiger partial charge in [-0.25, -0.2) is 21.6 Å². The minimum absolute atomic E-state index is 0.195. The molecule has 0 spiro atoms. The largest absolute Gasteiger partial charge is 0.501 e. The summed E-state index contributed by atoms with van der Waals surface area (Å²) in [4.78, 5) is 22.8. The Labute approximate surface area is 251 Å². The normalized spacial score (nSPS) is 13.0. The summed E-state index contributed by atoms with van der Waals surface area (Å²) in [5, 5.41) is 3.49. The molecule has 3 rings (SSSR count). The van der Waals surface area contributed by atoms with Crippen molar-refractivity contribution in [2.45, 2.75) is 28.4 Å². The molecule has 6 nitrogen and oxygen atoms in total. The highest BCUT2D eigenvalue weighted by Gasteiger charge is 2.73. The fraction of sp³-hybridized carbons (Fsp3) is 0.167. The molecule has 0 fully saturated rings. The van der Waals surface area contributed by atoms with Crippen molar-refractivity contribution in [2.24, 2.45) is 0 Å². The first-order valence-corrected chi connectivity index (χ1v) is 13.6. The fourth-order valence-corrected chi connectivity index (χ4v) is 5.41. The molecule has 0 saturated carbocycles. The van der Waals surface area contributed by atoms with Crippen LogP contribution in [0.2, 0.25) is 0 Å². The number of hydrogen-bond donors (Lipinski definition) is 2. The molecule has 0 aliphatic carbocycles. The molecule has 238 valence electrons. The summed E-state index contributed by atoms with van der Waals surface area (Å²) in [7, 11) is -6.90. The van der Waals surface area contributed by atoms with Crippen molar-refractivity contribution in [1.82, 2.24) is 0 Å². The molecule has 0 aliphatic heterocycles. The van der Waals surface area contributed by atoms with Gasteiger partial charge < -0.3 is 10.6 Å². The maximum Gasteiger partial charge on any atom is 0.501 e. The number of halogens is 13. The Morgan fingerprint density at radius 2 is 1.27 bits per heavy atom. The number of anilines is 2. The van der Waals surface area contributed by atoms with Gasteiger partial charge in [-0.05, 0) is 71.1 Å². The summed E-state index contributed by atoms with van der Waals surface area (Å²) in [6.07, 6.45) is -13.7. The summed E-state index contributed by atoms with van der Waals surface area (Å²) in [6, 6.07) is 5.03. The lowest BCUT2D eigenvalue weighted by Crippen LogP contribution is -2.50. The summed E-state index contributed by atoms with van der Waals surface area (Å²) in [5.41, 5.74) is -19.0. The van der Waals surface area contributed by atoms with E-state index in [2.05, 4.69) is 0 Å². The number of carbonyl (C=O) groups excluding carboxylic acids is 2. The summed E-state index contributed by atoms with van der Waals surface area (Å²) in [5.74, 6) is -5.13. The highest BCUT2D eigenvalue weighted by atomic mass is 127. The van der Waals surface area contributed by atoms with Gasteiger partial charge in [0.2, 0.25) is 0 Å². The Bertz CT molecular complexity index is 1710. The van der Waals surface area contributed by atoms with Gasteiger partial charge >= 0.3 is 23.5 Å². The number of amides is 2. The second-order valence-corrected chi connectivity index (χ2v) is 11.6. The van der Waals surface area contributed by atoms with E-state index in [1.807, 2.05) is 5.32 Å². The fourth-order valence-electron chi connectivity index (χ4n) is 3.51. The van der Waals surface area contributed by atoms with Crippen LogP contribution in [0.4, 0.5) is 64.1 Å². The number of nitrogens with one attached hydrogen (secondary N) is 2. The Balaban J connectivity index is 2.15. The van der Waals surface area contributed by atoms with Gasteiger partial charge in [-0.2, -0.15) is 39.5 Å². The Kier molecular flexibility index (Phi) is 9.32. The van der Waals surface area contributed by atoms with Crippen LogP contribution in [0.25, 0.3) is 0 Å². The van der Waals surface area contributed by atoms with Crippen LogP contribution in [-0.4, -0.2) is 38.1 Å². The van der Waals surface area contributed by atoms with E-state index in [1.165, 1.54) is 5.32 Å². The molecule has 20 heteroatoms. The average Bonchev–Trinajstić information content (AvgIpc) is 2.88. The molecule has 2 amide bonds. The van der Waals surface area contributed by atoms with Gasteiger partial charge in [0.1, 0.15) is 10.7 Å². The lowest BCUT2D eigenvalue weighted by molar-refractivity contribution is -0.348. The number of alkyl halides is 10. The van der Waals surface area contributed by atoms with Crippen molar-refractivity contribution in [3.05, 3.63) is 86.5 Å². The summed E-state index contributed by atoms with van der Waals surface area (Å²) in [6.45, 7) is 0. The standard InChI is InChI=1S/C24H11F12IN2O4S/c25-12-6-4-10(5-7-12)19(40)38-15-3-1-2-13(17(15)26)20(41)39-18-14(37)8-11(9-16(18)44(42,43)24(34,35)36)21(27,22(28,29)30)23(31,32)33/h1-9H,(H,38,40)(H,39,41). The van der Waals surface area contributed by atoms with Crippen LogP contribution in [0.15, 0.2) is 59.5 Å². The van der Waals surface area contributed by atoms with E-state index in [9.17, 15) is 66.3 Å². The zero-order valence-electron chi connectivity index (χ0n) is 20.7. The van der Waals surface area contributed by atoms with Gasteiger partial charge in [0.25, 0.3) is 21.7 Å². The van der Waals surface area contributed by atoms with Crippen molar-refractivity contribution in [1.29, 1.82) is 0 Å². The second kappa shape index (κ2) is 11.7. The van der Waals surface area contributed by atoms with Gasteiger partial charge in [0.05, 0.1) is 16.9 Å². The predicted molar refractivity (Wildman–Crippen MR) is 136 cm³/mol. The molecular weight excluding hydrogens is 767 g/mol. The van der Waals surface area contributed by atoms with E-state index in [0.29, 0.717) is 6.07 Å². The molecule has 0 aliphatic rings. The van der Waals surface area contributed by atoms with Crippen molar-refractivity contribution >= 4 is 55.6 Å². The van der Waals surface area contributed by atoms with E-state index in [0.717, 1.165) is 59.0 Å². The van der Waals surface area contributed by atoms with Gasteiger partial charge in [0, 0.05) is 14.7 Å². The first kappa shape index (κ1) is 34.9. The van der Waals surface area contributed by atoms with Crippen LogP contribution in [-0.2, 0) is 15.5 Å². The van der Waals surface area contributed by atoms with Crippen LogP contribution < -0.4 is 10.6 Å². The maximum atomic E-state index is 15.1. The van der Waals surface area contributed by atoms with Gasteiger partial charge in [0.15, 0.2) is 5.82 Å². The summed E-state index contributed by atoms with van der Waals surface area (Å²) < 4.78 is 186. The van der Waals surface area contributed by atoms with E-state index < -0.39 is 93.8 Å². The average molecular weight is 778 g/mol. The molecule has 0 saturated heterocycles. The van der Waals surface area contributed by atoms with Crippen LogP contribution in [0.1, 0.15) is 26.3 Å². The lowest BCUT2D eigenvalue weighted by Gasteiger charge is -2.31. The van der Waals surface area contributed by atoms with Crippen molar-refractivity contribution in [2.75, 3.05) is 10.6 Å². The van der Waals surface area contributed by atoms with E-state index in [-0.39, 0.29) is 11.6 Å². The van der Waals surface area contributed by atoms with E-state index in [1.54, 1.807) is 0 Å². The van der Waals surface area contributed by atoms with Crippen LogP contribution in [0, 0.1) is 15.2 Å². The molecule has 0 heterocycles. The predicted octanol–water partition coefficient (Wildman–Crippen LogP) is 7.66. The monoisotopic (exact) mass is 778 g/mol. The third-order valence-corrected chi connectivity index (χ3v) is 8.02. The number of sulfone groups is 1. The molecule has 0 radical (unpaired) electrons. The second-order valence-electron chi connectivity index (χ2n) is 8.52. The first-order chi connectivity index (χ1) is 19.9. The highest BCUT2D eigenvalue weighted by molar-refractivity contribution is 14.1. The molecule has 0 aromatic heterocycles. The zero-order valence-corrected chi connectivity index (χ0v) is 23.6. The van der Waals surface area contributed by atoms with E-state index in [4.69, 9.17) is 0 Å². The van der Waals surface area contributed by atoms with Crippen LogP contribution in [0.3, 0.4) is 0 Å². The minimum atomic E-state index is -6.90. The van der Waals surface area contributed by atoms with Crippen molar-refractivity contribution in [3.8, 4) is 0 Å². The van der Waals surface area contributed by atoms with Crippen LogP contribution >= 0.6 is 22.6 Å². The SMILES string of the molecule is O=C(Nc1cccc(C(=O)Nc2c(I)cc(C(F)(C(F)(F)F)C(F)(F)F)cc2S(=O)(=O)C(F)(F)F)c1F)c1ccc(F)cc1. The first-order valence-electron chi connectivity index (χ1n) is 11.1. The number of benzene rings is 3. The lowest BCUT2D eigenvalue weighted by atomic mass is 9.94. The third-order valence-electron chi connectivity index (χ3n) is 5.66. The Morgan fingerprint density at radius 1 is 0.727 bits per heavy atom. The van der Waals surface area contributed by atoms with Gasteiger partial charge in [-0.15, -0.1) is 0 Å². The van der Waals surface area contributed by atoms with E-state index >= 15 is 4.39 Å². The number of carbonyl (C=O) groups is 2.